The van der Waals surface area contributed by atoms with Gasteiger partial charge in [0.1, 0.15) is 6.10 Å². The second kappa shape index (κ2) is 6.08. The van der Waals surface area contributed by atoms with Gasteiger partial charge in [-0.2, -0.15) is 0 Å². The van der Waals surface area contributed by atoms with Crippen LogP contribution in [0.15, 0.2) is 27.8 Å². The quantitative estimate of drug-likeness (QED) is 0.509. The second-order valence-electron chi connectivity index (χ2n) is 3.09. The number of halogens is 2. The number of benzene rings is 1. The van der Waals surface area contributed by atoms with Crippen LogP contribution >= 0.6 is 27.5 Å². The summed E-state index contributed by atoms with van der Waals surface area (Å²) in [6.45, 7) is -0.204. The number of aliphatic hydroxyl groups excluding tert-OH is 2. The van der Waals surface area contributed by atoms with E-state index in [9.17, 15) is 10.2 Å². The van der Waals surface area contributed by atoms with Gasteiger partial charge >= 0.3 is 0 Å². The van der Waals surface area contributed by atoms with E-state index in [1.165, 1.54) is 0 Å². The average Bonchev–Trinajstić information content (AvgIpc) is 2.25. The molecule has 0 radical (unpaired) electrons. The maximum Gasteiger partial charge on any atom is 0.106 e. The lowest BCUT2D eigenvalue weighted by Gasteiger charge is -2.17. The van der Waals surface area contributed by atoms with E-state index in [-0.39, 0.29) is 6.54 Å². The molecule has 0 amide bonds. The third-order valence-corrected chi connectivity index (χ3v) is 2.80. The first kappa shape index (κ1) is 13.3. The van der Waals surface area contributed by atoms with Crippen molar-refractivity contribution in [2.75, 3.05) is 6.54 Å². The lowest BCUT2D eigenvalue weighted by atomic mass is 10.0. The lowest BCUT2D eigenvalue weighted by Crippen LogP contribution is -2.21. The molecule has 2 atom stereocenters. The summed E-state index contributed by atoms with van der Waals surface area (Å²) >= 11 is 9.13. The van der Waals surface area contributed by atoms with Crippen LogP contribution in [-0.2, 0) is 0 Å². The molecule has 0 heterocycles. The van der Waals surface area contributed by atoms with Crippen LogP contribution in [0.3, 0.4) is 0 Å². The van der Waals surface area contributed by atoms with E-state index in [0.717, 1.165) is 4.47 Å². The summed E-state index contributed by atoms with van der Waals surface area (Å²) in [6, 6.07) is 4.90. The Morgan fingerprint density at radius 2 is 2.19 bits per heavy atom. The lowest BCUT2D eigenvalue weighted by molar-refractivity contribution is 0.0244. The fourth-order valence-corrected chi connectivity index (χ4v) is 1.95. The van der Waals surface area contributed by atoms with Crippen molar-refractivity contribution in [1.82, 2.24) is 0 Å². The molecule has 1 rings (SSSR count). The molecule has 16 heavy (non-hydrogen) atoms. The van der Waals surface area contributed by atoms with Crippen molar-refractivity contribution in [3.8, 4) is 0 Å². The fourth-order valence-electron chi connectivity index (χ4n) is 1.17. The molecule has 0 saturated carbocycles. The Balaban J connectivity index is 2.86. The Morgan fingerprint density at radius 3 is 2.75 bits per heavy atom. The molecule has 86 valence electrons. The van der Waals surface area contributed by atoms with E-state index in [1.54, 1.807) is 18.2 Å². The van der Waals surface area contributed by atoms with Crippen molar-refractivity contribution in [1.29, 1.82) is 0 Å². The van der Waals surface area contributed by atoms with Crippen molar-refractivity contribution in [3.63, 3.8) is 0 Å². The van der Waals surface area contributed by atoms with Crippen molar-refractivity contribution < 1.29 is 10.2 Å². The Hall–Kier alpha value is -0.780. The number of hydrogen-bond acceptors (Lipinski definition) is 3. The minimum Gasteiger partial charge on any atom is -0.390 e. The normalized spacial score (nSPS) is 14.0. The van der Waals surface area contributed by atoms with Gasteiger partial charge in [-0.05, 0) is 17.7 Å². The van der Waals surface area contributed by atoms with Crippen LogP contribution in [0, 0.1) is 0 Å². The first-order chi connectivity index (χ1) is 7.56. The standard InChI is InChI=1S/C9H9BrClN3O2/c10-5-1-2-6(7(11)3-5)9(16)8(15)4-13-14-12/h1-3,8-9,15-16H,4H2. The van der Waals surface area contributed by atoms with Crippen molar-refractivity contribution in [2.45, 2.75) is 12.2 Å². The summed E-state index contributed by atoms with van der Waals surface area (Å²) in [4.78, 5) is 2.50. The van der Waals surface area contributed by atoms with E-state index >= 15 is 0 Å². The number of azide groups is 1. The van der Waals surface area contributed by atoms with Gasteiger partial charge in [0, 0.05) is 20.0 Å². The molecular formula is C9H9BrClN3O2. The van der Waals surface area contributed by atoms with Gasteiger partial charge < -0.3 is 10.2 Å². The van der Waals surface area contributed by atoms with E-state index in [0.29, 0.717) is 10.6 Å². The third-order valence-electron chi connectivity index (χ3n) is 1.98. The number of aliphatic hydroxyl groups is 2. The van der Waals surface area contributed by atoms with E-state index in [1.807, 2.05) is 0 Å². The molecule has 0 fully saturated rings. The zero-order valence-corrected chi connectivity index (χ0v) is 10.4. The summed E-state index contributed by atoms with van der Waals surface area (Å²) in [5.74, 6) is 0. The van der Waals surface area contributed by atoms with Crippen molar-refractivity contribution in [3.05, 3.63) is 43.7 Å². The maximum atomic E-state index is 9.75. The van der Waals surface area contributed by atoms with Gasteiger partial charge in [0.2, 0.25) is 0 Å². The van der Waals surface area contributed by atoms with Gasteiger partial charge in [-0.25, -0.2) is 0 Å². The molecule has 5 nitrogen and oxygen atoms in total. The highest BCUT2D eigenvalue weighted by Gasteiger charge is 2.20. The van der Waals surface area contributed by atoms with Crippen LogP contribution in [0.2, 0.25) is 5.02 Å². The van der Waals surface area contributed by atoms with Crippen LogP contribution in [0.25, 0.3) is 10.4 Å². The summed E-state index contributed by atoms with van der Waals surface area (Å²) in [5, 5.41) is 22.8. The average molecular weight is 307 g/mol. The summed E-state index contributed by atoms with van der Waals surface area (Å²) < 4.78 is 0.776. The predicted molar refractivity (Wildman–Crippen MR) is 64.1 cm³/mol. The summed E-state index contributed by atoms with van der Waals surface area (Å²) in [6.07, 6.45) is -2.35. The van der Waals surface area contributed by atoms with Gasteiger partial charge in [-0.1, -0.05) is 38.7 Å². The fraction of sp³-hybridized carbons (Fsp3) is 0.333. The summed E-state index contributed by atoms with van der Waals surface area (Å²) in [5.41, 5.74) is 8.49. The molecule has 0 aromatic heterocycles. The van der Waals surface area contributed by atoms with E-state index in [2.05, 4.69) is 26.0 Å². The predicted octanol–water partition coefficient (Wildman–Crippen LogP) is 2.81. The second-order valence-corrected chi connectivity index (χ2v) is 4.41. The Kier molecular flexibility index (Phi) is 5.05. The molecule has 1 aromatic carbocycles. The number of nitrogens with zero attached hydrogens (tertiary/aromatic N) is 3. The first-order valence-corrected chi connectivity index (χ1v) is 5.55. The van der Waals surface area contributed by atoms with Crippen LogP contribution < -0.4 is 0 Å². The molecule has 0 bridgehead atoms. The van der Waals surface area contributed by atoms with Crippen LogP contribution in [-0.4, -0.2) is 22.9 Å². The zero-order valence-electron chi connectivity index (χ0n) is 8.09. The molecule has 2 unspecified atom stereocenters. The molecule has 0 saturated heterocycles. The SMILES string of the molecule is [N-]=[N+]=NCC(O)C(O)c1ccc(Br)cc1Cl. The van der Waals surface area contributed by atoms with Gasteiger partial charge in [0.15, 0.2) is 0 Å². The minimum atomic E-state index is -1.17. The molecule has 2 N–H and O–H groups in total. The smallest absolute Gasteiger partial charge is 0.106 e. The molecule has 0 spiro atoms. The monoisotopic (exact) mass is 305 g/mol. The Morgan fingerprint density at radius 1 is 1.50 bits per heavy atom. The molecule has 0 aliphatic rings. The van der Waals surface area contributed by atoms with E-state index < -0.39 is 12.2 Å². The van der Waals surface area contributed by atoms with Gasteiger partial charge in [-0.15, -0.1) is 0 Å². The van der Waals surface area contributed by atoms with Crippen molar-refractivity contribution >= 4 is 27.5 Å². The Labute approximate surface area is 105 Å². The molecule has 0 aliphatic carbocycles. The zero-order chi connectivity index (χ0) is 12.1. The van der Waals surface area contributed by atoms with Crippen LogP contribution in [0.5, 0.6) is 0 Å². The molecule has 1 aromatic rings. The summed E-state index contributed by atoms with van der Waals surface area (Å²) in [7, 11) is 0. The van der Waals surface area contributed by atoms with Crippen molar-refractivity contribution in [2.24, 2.45) is 5.11 Å². The highest BCUT2D eigenvalue weighted by molar-refractivity contribution is 9.10. The molecule has 0 aliphatic heterocycles. The number of hydrogen-bond donors (Lipinski definition) is 2. The topological polar surface area (TPSA) is 89.2 Å². The first-order valence-electron chi connectivity index (χ1n) is 4.38. The van der Waals surface area contributed by atoms with E-state index in [4.69, 9.17) is 17.1 Å². The maximum absolute atomic E-state index is 9.75. The largest absolute Gasteiger partial charge is 0.390 e. The minimum absolute atomic E-state index is 0.204. The van der Waals surface area contributed by atoms with Gasteiger partial charge in [-0.3, -0.25) is 0 Å². The highest BCUT2D eigenvalue weighted by atomic mass is 79.9. The van der Waals surface area contributed by atoms with Crippen LogP contribution in [0.1, 0.15) is 11.7 Å². The van der Waals surface area contributed by atoms with Gasteiger partial charge in [0.25, 0.3) is 0 Å². The number of rotatable bonds is 4. The highest BCUT2D eigenvalue weighted by Crippen LogP contribution is 2.28. The third kappa shape index (κ3) is 3.37. The van der Waals surface area contributed by atoms with Crippen LogP contribution in [0.4, 0.5) is 0 Å². The Bertz CT molecular complexity index is 423. The molecule has 7 heteroatoms. The molecular weight excluding hydrogens is 297 g/mol. The van der Waals surface area contributed by atoms with Gasteiger partial charge in [0.05, 0.1) is 12.6 Å².